The van der Waals surface area contributed by atoms with Crippen LogP contribution in [0.5, 0.6) is 5.75 Å². The summed E-state index contributed by atoms with van der Waals surface area (Å²) in [7, 11) is 1.48. The molecular formula is C22H17F4N5O3. The molecule has 176 valence electrons. The first-order valence-corrected chi connectivity index (χ1v) is 9.82. The number of methoxy groups -OCH3 is 1. The van der Waals surface area contributed by atoms with Crippen LogP contribution in [0.15, 0.2) is 53.4 Å². The first-order valence-electron chi connectivity index (χ1n) is 9.82. The predicted octanol–water partition coefficient (Wildman–Crippen LogP) is 4.33. The molecule has 4 rings (SSSR count). The Balaban J connectivity index is 1.45. The van der Waals surface area contributed by atoms with Gasteiger partial charge in [-0.15, -0.1) is 0 Å². The summed E-state index contributed by atoms with van der Waals surface area (Å²) in [5, 5.41) is 6.23. The number of ether oxygens (including phenoxy) is 1. The van der Waals surface area contributed by atoms with E-state index < -0.39 is 23.5 Å². The molecule has 2 heterocycles. The molecule has 0 atom stereocenters. The van der Waals surface area contributed by atoms with Crippen molar-refractivity contribution in [3.8, 4) is 22.8 Å². The number of carbonyl (C=O) groups is 1. The Kier molecular flexibility index (Phi) is 6.05. The van der Waals surface area contributed by atoms with E-state index in [9.17, 15) is 22.4 Å². The fourth-order valence-corrected chi connectivity index (χ4v) is 3.17. The molecule has 0 fully saturated rings. The number of aryl methyl sites for hydroxylation is 1. The van der Waals surface area contributed by atoms with Crippen LogP contribution in [0.1, 0.15) is 27.5 Å². The van der Waals surface area contributed by atoms with Crippen molar-refractivity contribution >= 4 is 5.91 Å². The van der Waals surface area contributed by atoms with E-state index in [1.54, 1.807) is 29.1 Å². The van der Waals surface area contributed by atoms with Crippen LogP contribution in [0.4, 0.5) is 17.6 Å². The average Bonchev–Trinajstić information content (AvgIpc) is 3.45. The Labute approximate surface area is 190 Å². The third-order valence-electron chi connectivity index (χ3n) is 4.83. The topological polar surface area (TPSA) is 95.1 Å². The zero-order chi connectivity index (χ0) is 24.5. The minimum atomic E-state index is -4.81. The number of halogens is 4. The molecule has 0 aliphatic carbocycles. The van der Waals surface area contributed by atoms with Crippen LogP contribution < -0.4 is 10.1 Å². The fourth-order valence-electron chi connectivity index (χ4n) is 3.17. The number of alkyl halides is 3. The number of hydrogen-bond acceptors (Lipinski definition) is 6. The number of aromatic nitrogens is 4. The maximum Gasteiger partial charge on any atom is 0.419 e. The number of hydrogen-bond donors (Lipinski definition) is 1. The summed E-state index contributed by atoms with van der Waals surface area (Å²) in [6.45, 7) is 1.70. The van der Waals surface area contributed by atoms with E-state index in [1.165, 1.54) is 7.11 Å². The minimum absolute atomic E-state index is 0.00175. The Morgan fingerprint density at radius 3 is 2.65 bits per heavy atom. The van der Waals surface area contributed by atoms with Gasteiger partial charge in [0.15, 0.2) is 0 Å². The van der Waals surface area contributed by atoms with Gasteiger partial charge in [0, 0.05) is 17.3 Å². The summed E-state index contributed by atoms with van der Waals surface area (Å²) in [6.07, 6.45) is -1.37. The number of imidazole rings is 1. The van der Waals surface area contributed by atoms with E-state index in [2.05, 4.69) is 20.4 Å². The van der Waals surface area contributed by atoms with Gasteiger partial charge in [0.05, 0.1) is 36.9 Å². The van der Waals surface area contributed by atoms with Crippen molar-refractivity contribution in [1.29, 1.82) is 0 Å². The SMILES string of the molecule is COc1cc(C(=O)NCc2nc(-c3ccc(C(F)(F)F)c(F)c3)no2)ccc1-n1cnc(C)c1. The van der Waals surface area contributed by atoms with Gasteiger partial charge in [-0.25, -0.2) is 9.37 Å². The minimum Gasteiger partial charge on any atom is -0.495 e. The molecule has 2 aromatic heterocycles. The van der Waals surface area contributed by atoms with Crippen molar-refractivity contribution in [3.05, 3.63) is 77.5 Å². The van der Waals surface area contributed by atoms with Crippen LogP contribution in [-0.4, -0.2) is 32.7 Å². The summed E-state index contributed by atoms with van der Waals surface area (Å²) in [4.78, 5) is 20.7. The van der Waals surface area contributed by atoms with E-state index in [-0.39, 0.29) is 23.8 Å². The molecule has 12 heteroatoms. The van der Waals surface area contributed by atoms with Gasteiger partial charge >= 0.3 is 6.18 Å². The van der Waals surface area contributed by atoms with Crippen molar-refractivity contribution in [3.63, 3.8) is 0 Å². The van der Waals surface area contributed by atoms with Crippen molar-refractivity contribution in [1.82, 2.24) is 25.0 Å². The number of nitrogens with zero attached hydrogens (tertiary/aromatic N) is 4. The largest absolute Gasteiger partial charge is 0.495 e. The molecule has 0 unspecified atom stereocenters. The highest BCUT2D eigenvalue weighted by Crippen LogP contribution is 2.33. The zero-order valence-corrected chi connectivity index (χ0v) is 17.9. The van der Waals surface area contributed by atoms with Gasteiger partial charge in [-0.05, 0) is 37.3 Å². The standard InChI is InChI=1S/C22H17F4N5O3/c1-12-10-31(11-28-12)17-6-4-14(8-18(17)33-2)21(32)27-9-19-29-20(30-34-19)13-3-5-15(16(23)7-13)22(24,25)26/h3-8,10-11H,9H2,1-2H3,(H,27,32). The van der Waals surface area contributed by atoms with Crippen LogP contribution in [0.3, 0.4) is 0 Å². The molecule has 4 aromatic rings. The lowest BCUT2D eigenvalue weighted by atomic mass is 10.1. The monoisotopic (exact) mass is 475 g/mol. The van der Waals surface area contributed by atoms with Crippen molar-refractivity contribution < 1.29 is 31.6 Å². The molecule has 0 bridgehead atoms. The van der Waals surface area contributed by atoms with E-state index in [1.807, 2.05) is 13.1 Å². The molecule has 1 N–H and O–H groups in total. The number of amides is 1. The third kappa shape index (κ3) is 4.75. The van der Waals surface area contributed by atoms with Gasteiger partial charge in [0.2, 0.25) is 11.7 Å². The van der Waals surface area contributed by atoms with Gasteiger partial charge in [-0.2, -0.15) is 18.2 Å². The molecule has 0 radical (unpaired) electrons. The molecule has 0 saturated carbocycles. The molecule has 0 spiro atoms. The molecule has 0 aliphatic rings. The Bertz CT molecular complexity index is 1350. The Morgan fingerprint density at radius 1 is 1.21 bits per heavy atom. The van der Waals surface area contributed by atoms with Gasteiger partial charge in [-0.3, -0.25) is 4.79 Å². The normalized spacial score (nSPS) is 11.5. The van der Waals surface area contributed by atoms with Crippen LogP contribution in [-0.2, 0) is 12.7 Å². The molecule has 0 saturated heterocycles. The highest BCUT2D eigenvalue weighted by atomic mass is 19.4. The maximum absolute atomic E-state index is 13.8. The van der Waals surface area contributed by atoms with Gasteiger partial charge in [0.1, 0.15) is 11.6 Å². The van der Waals surface area contributed by atoms with Crippen LogP contribution in [0.2, 0.25) is 0 Å². The van der Waals surface area contributed by atoms with Crippen LogP contribution in [0.25, 0.3) is 17.1 Å². The number of carbonyl (C=O) groups excluding carboxylic acids is 1. The molecule has 2 aromatic carbocycles. The average molecular weight is 475 g/mol. The quantitative estimate of drug-likeness (QED) is 0.417. The van der Waals surface area contributed by atoms with Crippen LogP contribution in [0, 0.1) is 12.7 Å². The van der Waals surface area contributed by atoms with Gasteiger partial charge in [-0.1, -0.05) is 11.2 Å². The Morgan fingerprint density at radius 2 is 2.00 bits per heavy atom. The van der Waals surface area contributed by atoms with Crippen molar-refractivity contribution in [2.45, 2.75) is 19.6 Å². The summed E-state index contributed by atoms with van der Waals surface area (Å²) < 4.78 is 64.1. The van der Waals surface area contributed by atoms with Crippen molar-refractivity contribution in [2.75, 3.05) is 7.11 Å². The van der Waals surface area contributed by atoms with E-state index in [0.29, 0.717) is 29.1 Å². The maximum atomic E-state index is 13.8. The number of benzene rings is 2. The van der Waals surface area contributed by atoms with Crippen molar-refractivity contribution in [2.24, 2.45) is 0 Å². The third-order valence-corrected chi connectivity index (χ3v) is 4.83. The summed E-state index contributed by atoms with van der Waals surface area (Å²) in [5.74, 6) is -1.58. The first kappa shape index (κ1) is 23.0. The second-order valence-electron chi connectivity index (χ2n) is 7.20. The van der Waals surface area contributed by atoms with Crippen LogP contribution >= 0.6 is 0 Å². The predicted molar refractivity (Wildman–Crippen MR) is 111 cm³/mol. The highest BCUT2D eigenvalue weighted by Gasteiger charge is 2.34. The highest BCUT2D eigenvalue weighted by molar-refractivity contribution is 5.94. The zero-order valence-electron chi connectivity index (χ0n) is 17.9. The molecule has 8 nitrogen and oxygen atoms in total. The Hall–Kier alpha value is -4.22. The lowest BCUT2D eigenvalue weighted by Crippen LogP contribution is -2.23. The van der Waals surface area contributed by atoms with E-state index in [4.69, 9.17) is 9.26 Å². The van der Waals surface area contributed by atoms with E-state index in [0.717, 1.165) is 11.8 Å². The number of rotatable bonds is 6. The lowest BCUT2D eigenvalue weighted by molar-refractivity contribution is -0.139. The number of nitrogens with one attached hydrogen (secondary N) is 1. The second kappa shape index (κ2) is 8.96. The second-order valence-corrected chi connectivity index (χ2v) is 7.20. The smallest absolute Gasteiger partial charge is 0.419 e. The summed E-state index contributed by atoms with van der Waals surface area (Å²) in [5.41, 5.74) is 0.438. The van der Waals surface area contributed by atoms with E-state index >= 15 is 0 Å². The van der Waals surface area contributed by atoms with Gasteiger partial charge < -0.3 is 19.1 Å². The summed E-state index contributed by atoms with van der Waals surface area (Å²) >= 11 is 0. The molecular weight excluding hydrogens is 458 g/mol. The molecule has 0 aliphatic heterocycles. The lowest BCUT2D eigenvalue weighted by Gasteiger charge is -2.11. The fraction of sp³-hybridized carbons (Fsp3) is 0.182. The molecule has 1 amide bonds. The first-order chi connectivity index (χ1) is 16.2. The molecule has 34 heavy (non-hydrogen) atoms. The summed E-state index contributed by atoms with van der Waals surface area (Å²) in [6, 6.07) is 7.18. The van der Waals surface area contributed by atoms with Gasteiger partial charge in [0.25, 0.3) is 5.91 Å².